The Morgan fingerprint density at radius 1 is 1.53 bits per heavy atom. The summed E-state index contributed by atoms with van der Waals surface area (Å²) in [5.74, 6) is -1.03. The van der Waals surface area contributed by atoms with E-state index in [1.165, 1.54) is 6.20 Å². The summed E-state index contributed by atoms with van der Waals surface area (Å²) in [6.07, 6.45) is 4.51. The van der Waals surface area contributed by atoms with Crippen molar-refractivity contribution in [2.45, 2.75) is 38.0 Å². The summed E-state index contributed by atoms with van der Waals surface area (Å²) in [6, 6.07) is 0.236. The van der Waals surface area contributed by atoms with Gasteiger partial charge in [-0.25, -0.2) is 9.48 Å². The van der Waals surface area contributed by atoms with Crippen LogP contribution in [0.1, 0.15) is 36.3 Å². The molecule has 7 nitrogen and oxygen atoms in total. The summed E-state index contributed by atoms with van der Waals surface area (Å²) in [6.45, 7) is 4.84. The first-order chi connectivity index (χ1) is 9.11. The molecule has 0 spiro atoms. The summed E-state index contributed by atoms with van der Waals surface area (Å²) < 4.78 is 7.44. The number of hydrogen-bond acceptors (Lipinski definition) is 5. The second-order valence-electron chi connectivity index (χ2n) is 5.41. The fourth-order valence-electron chi connectivity index (χ4n) is 2.72. The molecule has 2 saturated heterocycles. The number of aromatic nitrogens is 3. The molecule has 0 saturated carbocycles. The Bertz CT molecular complexity index is 469. The maximum absolute atomic E-state index is 10.7. The van der Waals surface area contributed by atoms with Crippen LogP contribution in [0.3, 0.4) is 0 Å². The molecular weight excluding hydrogens is 248 g/mol. The van der Waals surface area contributed by atoms with Gasteiger partial charge in [-0.15, -0.1) is 5.10 Å². The van der Waals surface area contributed by atoms with Gasteiger partial charge in [-0.1, -0.05) is 5.21 Å². The van der Waals surface area contributed by atoms with E-state index < -0.39 is 5.97 Å². The lowest BCUT2D eigenvalue weighted by molar-refractivity contribution is 0.000413. The van der Waals surface area contributed by atoms with Crippen molar-refractivity contribution in [3.63, 3.8) is 0 Å². The van der Waals surface area contributed by atoms with Crippen LogP contribution >= 0.6 is 0 Å². The third kappa shape index (κ3) is 2.62. The fraction of sp³-hybridized carbons (Fsp3) is 0.750. The number of carbonyl (C=O) groups is 1. The van der Waals surface area contributed by atoms with Crippen LogP contribution in [0.25, 0.3) is 0 Å². The first kappa shape index (κ1) is 12.6. The molecule has 3 rings (SSSR count). The van der Waals surface area contributed by atoms with Gasteiger partial charge in [-0.2, -0.15) is 0 Å². The zero-order valence-corrected chi connectivity index (χ0v) is 10.9. The molecule has 0 aliphatic carbocycles. The highest BCUT2D eigenvalue weighted by atomic mass is 16.5. The zero-order chi connectivity index (χ0) is 13.4. The molecule has 1 N–H and O–H groups in total. The number of carboxylic acid groups (broad SMARTS) is 1. The van der Waals surface area contributed by atoms with Gasteiger partial charge in [0.25, 0.3) is 0 Å². The van der Waals surface area contributed by atoms with E-state index in [0.717, 1.165) is 32.5 Å². The monoisotopic (exact) mass is 266 g/mol. The van der Waals surface area contributed by atoms with Crippen molar-refractivity contribution in [3.8, 4) is 0 Å². The van der Waals surface area contributed by atoms with Crippen molar-refractivity contribution < 1.29 is 14.6 Å². The fourth-order valence-corrected chi connectivity index (χ4v) is 2.72. The molecule has 2 atom stereocenters. The zero-order valence-electron chi connectivity index (χ0n) is 10.9. The van der Waals surface area contributed by atoms with Crippen molar-refractivity contribution >= 4 is 5.97 Å². The van der Waals surface area contributed by atoms with Gasteiger partial charge in [0.2, 0.25) is 0 Å². The van der Waals surface area contributed by atoms with Crippen molar-refractivity contribution in [2.24, 2.45) is 0 Å². The Morgan fingerprint density at radius 3 is 2.89 bits per heavy atom. The Labute approximate surface area is 111 Å². The number of rotatable bonds is 4. The lowest BCUT2D eigenvalue weighted by Crippen LogP contribution is -2.50. The van der Waals surface area contributed by atoms with Crippen LogP contribution in [0.15, 0.2) is 6.20 Å². The van der Waals surface area contributed by atoms with Crippen LogP contribution < -0.4 is 0 Å². The molecule has 2 aliphatic rings. The molecule has 2 aliphatic heterocycles. The number of likely N-dealkylation sites (tertiary alicyclic amines) is 1. The van der Waals surface area contributed by atoms with Crippen molar-refractivity contribution in [1.29, 1.82) is 0 Å². The number of carboxylic acids is 1. The van der Waals surface area contributed by atoms with Gasteiger partial charge in [0.05, 0.1) is 24.4 Å². The third-order valence-corrected chi connectivity index (χ3v) is 3.82. The first-order valence-electron chi connectivity index (χ1n) is 6.65. The molecule has 19 heavy (non-hydrogen) atoms. The van der Waals surface area contributed by atoms with Crippen LogP contribution in [0, 0.1) is 0 Å². The van der Waals surface area contributed by atoms with Gasteiger partial charge in [-0.3, -0.25) is 4.90 Å². The second-order valence-corrected chi connectivity index (χ2v) is 5.41. The van der Waals surface area contributed by atoms with E-state index in [1.807, 2.05) is 0 Å². The minimum Gasteiger partial charge on any atom is -0.476 e. The molecule has 3 heterocycles. The van der Waals surface area contributed by atoms with E-state index in [4.69, 9.17) is 9.84 Å². The highest BCUT2D eigenvalue weighted by molar-refractivity contribution is 5.84. The standard InChI is InChI=1S/C12H18N4O3/c1-8-2-3-10(19-8)6-15-4-9(5-15)16-7-11(12(17)18)13-14-16/h7-10H,2-6H2,1H3,(H,17,18). The molecule has 0 radical (unpaired) electrons. The van der Waals surface area contributed by atoms with E-state index in [2.05, 4.69) is 22.1 Å². The topological polar surface area (TPSA) is 80.5 Å². The van der Waals surface area contributed by atoms with Crippen molar-refractivity contribution in [1.82, 2.24) is 19.9 Å². The molecule has 0 aromatic carbocycles. The Kier molecular flexibility index (Phi) is 3.24. The normalized spacial score (nSPS) is 28.5. The second kappa shape index (κ2) is 4.90. The number of aromatic carboxylic acids is 1. The van der Waals surface area contributed by atoms with E-state index in [1.54, 1.807) is 4.68 Å². The van der Waals surface area contributed by atoms with E-state index in [-0.39, 0.29) is 11.7 Å². The average molecular weight is 266 g/mol. The number of hydrogen-bond donors (Lipinski definition) is 1. The highest BCUT2D eigenvalue weighted by Crippen LogP contribution is 2.25. The SMILES string of the molecule is CC1CCC(CN2CC(n3cc(C(=O)O)nn3)C2)O1. The predicted octanol–water partition coefficient (Wildman–Crippen LogP) is 0.400. The van der Waals surface area contributed by atoms with E-state index in [0.29, 0.717) is 12.2 Å². The molecule has 1 aromatic heterocycles. The Morgan fingerprint density at radius 2 is 2.32 bits per heavy atom. The van der Waals surface area contributed by atoms with Gasteiger partial charge in [0.1, 0.15) is 0 Å². The lowest BCUT2D eigenvalue weighted by Gasteiger charge is -2.40. The molecule has 1 aromatic rings. The predicted molar refractivity (Wildman–Crippen MR) is 66.0 cm³/mol. The van der Waals surface area contributed by atoms with Crippen LogP contribution in [0.5, 0.6) is 0 Å². The van der Waals surface area contributed by atoms with Crippen LogP contribution in [0.4, 0.5) is 0 Å². The smallest absolute Gasteiger partial charge is 0.358 e. The molecule has 0 bridgehead atoms. The van der Waals surface area contributed by atoms with Gasteiger partial charge in [-0.05, 0) is 19.8 Å². The quantitative estimate of drug-likeness (QED) is 0.849. The van der Waals surface area contributed by atoms with Gasteiger partial charge in [0.15, 0.2) is 5.69 Å². The Balaban J connectivity index is 1.48. The maximum atomic E-state index is 10.7. The lowest BCUT2D eigenvalue weighted by atomic mass is 10.1. The first-order valence-corrected chi connectivity index (χ1v) is 6.65. The maximum Gasteiger partial charge on any atom is 0.358 e. The minimum absolute atomic E-state index is 0.00593. The van der Waals surface area contributed by atoms with Crippen molar-refractivity contribution in [2.75, 3.05) is 19.6 Å². The van der Waals surface area contributed by atoms with E-state index >= 15 is 0 Å². The summed E-state index contributed by atoms with van der Waals surface area (Å²) in [7, 11) is 0. The van der Waals surface area contributed by atoms with E-state index in [9.17, 15) is 4.79 Å². The summed E-state index contributed by atoms with van der Waals surface area (Å²) in [4.78, 5) is 13.0. The molecule has 2 unspecified atom stereocenters. The molecule has 0 amide bonds. The summed E-state index contributed by atoms with van der Waals surface area (Å²) in [5.41, 5.74) is 0.00593. The highest BCUT2D eigenvalue weighted by Gasteiger charge is 2.33. The number of ether oxygens (including phenoxy) is 1. The average Bonchev–Trinajstić information content (AvgIpc) is 2.91. The molecule has 104 valence electrons. The van der Waals surface area contributed by atoms with Gasteiger partial charge in [0, 0.05) is 19.6 Å². The van der Waals surface area contributed by atoms with Crippen LogP contribution in [-0.4, -0.2) is 62.8 Å². The number of nitrogens with zero attached hydrogens (tertiary/aromatic N) is 4. The third-order valence-electron chi connectivity index (χ3n) is 3.82. The van der Waals surface area contributed by atoms with Crippen molar-refractivity contribution in [3.05, 3.63) is 11.9 Å². The van der Waals surface area contributed by atoms with Gasteiger partial charge < -0.3 is 9.84 Å². The molecule has 2 fully saturated rings. The molecular formula is C12H18N4O3. The van der Waals surface area contributed by atoms with Crippen LogP contribution in [-0.2, 0) is 4.74 Å². The Hall–Kier alpha value is -1.47. The van der Waals surface area contributed by atoms with Gasteiger partial charge >= 0.3 is 5.97 Å². The van der Waals surface area contributed by atoms with Crippen LogP contribution in [0.2, 0.25) is 0 Å². The minimum atomic E-state index is -1.03. The molecule has 7 heteroatoms. The summed E-state index contributed by atoms with van der Waals surface area (Å²) >= 11 is 0. The summed E-state index contributed by atoms with van der Waals surface area (Å²) in [5, 5.41) is 16.3. The largest absolute Gasteiger partial charge is 0.476 e.